The Kier molecular flexibility index (Phi) is 11.5. The van der Waals surface area contributed by atoms with Crippen LogP contribution in [0.4, 0.5) is 4.79 Å². The van der Waals surface area contributed by atoms with Crippen LogP contribution in [0.1, 0.15) is 30.9 Å². The fourth-order valence-electron chi connectivity index (χ4n) is 6.52. The van der Waals surface area contributed by atoms with Crippen LogP contribution in [0.15, 0.2) is 77.9 Å². The number of nitrogens with one attached hydrogen (secondary N) is 2. The first-order valence-electron chi connectivity index (χ1n) is 17.2. The zero-order chi connectivity index (χ0) is 38.7. The number of ether oxygens (including phenoxy) is 1. The number of benzene rings is 2. The summed E-state index contributed by atoms with van der Waals surface area (Å²) in [7, 11) is 4.81. The third-order valence-electron chi connectivity index (χ3n) is 9.65. The summed E-state index contributed by atoms with van der Waals surface area (Å²) in [6, 6.07) is 17.6. The van der Waals surface area contributed by atoms with Crippen molar-refractivity contribution in [3.05, 3.63) is 105 Å². The lowest BCUT2D eigenvalue weighted by molar-refractivity contribution is -0.125. The molecule has 280 valence electrons. The minimum absolute atomic E-state index is 0.0180. The van der Waals surface area contributed by atoms with Crippen molar-refractivity contribution in [2.24, 2.45) is 0 Å². The van der Waals surface area contributed by atoms with E-state index < -0.39 is 12.1 Å². The average Bonchev–Trinajstić information content (AvgIpc) is 3.59. The molecule has 1 saturated heterocycles. The van der Waals surface area contributed by atoms with Crippen molar-refractivity contribution < 1.29 is 24.2 Å². The zero-order valence-electron chi connectivity index (χ0n) is 30.1. The van der Waals surface area contributed by atoms with Crippen molar-refractivity contribution in [3.8, 4) is 39.4 Å². The number of fused-ring (bicyclic) bond motifs is 1. The fraction of sp³-hybridized carbons (Fsp3) is 0.282. The Hall–Kier alpha value is -5.50. The lowest BCUT2D eigenvalue weighted by atomic mass is 9.97. The third kappa shape index (κ3) is 7.88. The monoisotopic (exact) mass is 771 g/mol. The van der Waals surface area contributed by atoms with E-state index >= 15 is 0 Å². The lowest BCUT2D eigenvalue weighted by Crippen LogP contribution is -2.42. The van der Waals surface area contributed by atoms with Crippen LogP contribution in [0.5, 0.6) is 5.88 Å². The Morgan fingerprint density at radius 1 is 1.02 bits per heavy atom. The average molecular weight is 773 g/mol. The number of carboxylic acid groups (broad SMARTS) is 1. The summed E-state index contributed by atoms with van der Waals surface area (Å²) in [5, 5.41) is 16.1. The van der Waals surface area contributed by atoms with E-state index in [0.29, 0.717) is 67.6 Å². The van der Waals surface area contributed by atoms with E-state index in [1.54, 1.807) is 56.4 Å². The summed E-state index contributed by atoms with van der Waals surface area (Å²) in [5.74, 6) is 0.0115. The van der Waals surface area contributed by atoms with Gasteiger partial charge >= 0.3 is 6.09 Å². The molecule has 2 atom stereocenters. The van der Waals surface area contributed by atoms with E-state index in [1.165, 1.54) is 22.6 Å². The van der Waals surface area contributed by atoms with Gasteiger partial charge in [-0.15, -0.1) is 0 Å². The number of methoxy groups -OCH3 is 1. The molecule has 2 aromatic carbocycles. The molecule has 0 spiro atoms. The topological polar surface area (TPSA) is 158 Å². The molecule has 5 aromatic rings. The first-order chi connectivity index (χ1) is 25.9. The number of hydrogen-bond donors (Lipinski definition) is 3. The first-order valence-corrected chi connectivity index (χ1v) is 18.0. The highest BCUT2D eigenvalue weighted by atomic mass is 35.5. The van der Waals surface area contributed by atoms with Crippen molar-refractivity contribution in [3.63, 3.8) is 0 Å². The molecular weight excluding hydrogens is 733 g/mol. The maximum atomic E-state index is 13.4. The van der Waals surface area contributed by atoms with Crippen molar-refractivity contribution in [2.75, 3.05) is 27.7 Å². The van der Waals surface area contributed by atoms with Crippen LogP contribution < -0.4 is 20.9 Å². The quantitative estimate of drug-likeness (QED) is 0.144. The molecule has 1 aliphatic rings. The second-order valence-corrected chi connectivity index (χ2v) is 13.9. The Morgan fingerprint density at radius 3 is 2.35 bits per heavy atom. The minimum Gasteiger partial charge on any atom is -0.481 e. The second kappa shape index (κ2) is 16.3. The number of pyridine rings is 2. The molecule has 15 heteroatoms. The number of carbonyl (C=O) groups excluding carboxylic acids is 2. The van der Waals surface area contributed by atoms with Gasteiger partial charge in [-0.05, 0) is 50.2 Å². The lowest BCUT2D eigenvalue weighted by Gasteiger charge is -2.23. The highest BCUT2D eigenvalue weighted by molar-refractivity contribution is 6.39. The molecule has 1 unspecified atom stereocenters. The van der Waals surface area contributed by atoms with Gasteiger partial charge in [-0.1, -0.05) is 59.6 Å². The van der Waals surface area contributed by atoms with Crippen molar-refractivity contribution in [1.82, 2.24) is 34.8 Å². The van der Waals surface area contributed by atoms with Gasteiger partial charge in [0.2, 0.25) is 17.7 Å². The molecule has 3 aromatic heterocycles. The van der Waals surface area contributed by atoms with Gasteiger partial charge in [0.05, 0.1) is 41.0 Å². The molecule has 0 bridgehead atoms. The fourth-order valence-corrected chi connectivity index (χ4v) is 7.18. The third-order valence-corrected chi connectivity index (χ3v) is 10.5. The van der Waals surface area contributed by atoms with Crippen LogP contribution in [0.2, 0.25) is 10.0 Å². The van der Waals surface area contributed by atoms with E-state index in [0.717, 1.165) is 5.56 Å². The van der Waals surface area contributed by atoms with Gasteiger partial charge in [-0.3, -0.25) is 23.7 Å². The molecule has 1 aliphatic heterocycles. The Balaban J connectivity index is 1.27. The summed E-state index contributed by atoms with van der Waals surface area (Å²) < 4.78 is 7.06. The van der Waals surface area contributed by atoms with Crippen LogP contribution in [-0.4, -0.2) is 87.0 Å². The van der Waals surface area contributed by atoms with Crippen molar-refractivity contribution in [2.45, 2.75) is 44.9 Å². The predicted octanol–water partition coefficient (Wildman–Crippen LogP) is 5.73. The van der Waals surface area contributed by atoms with Crippen LogP contribution >= 0.6 is 23.2 Å². The molecule has 0 saturated carbocycles. The minimum atomic E-state index is -1.12. The molecule has 0 radical (unpaired) electrons. The van der Waals surface area contributed by atoms with Gasteiger partial charge in [0, 0.05) is 72.8 Å². The van der Waals surface area contributed by atoms with Gasteiger partial charge in [0.25, 0.3) is 5.56 Å². The number of likely N-dealkylation sites (N-methyl/N-ethyl adjacent to an activating group) is 2. The molecule has 3 N–H and O–H groups in total. The zero-order valence-corrected chi connectivity index (χ0v) is 31.6. The van der Waals surface area contributed by atoms with Gasteiger partial charge in [-0.25, -0.2) is 14.8 Å². The van der Waals surface area contributed by atoms with E-state index in [-0.39, 0.29) is 48.9 Å². The molecule has 3 amide bonds. The van der Waals surface area contributed by atoms with Crippen molar-refractivity contribution >= 4 is 46.8 Å². The van der Waals surface area contributed by atoms with Crippen LogP contribution in [0, 0.1) is 0 Å². The van der Waals surface area contributed by atoms with E-state index in [2.05, 4.69) is 15.6 Å². The molecule has 54 heavy (non-hydrogen) atoms. The Bertz CT molecular complexity index is 2320. The van der Waals surface area contributed by atoms with E-state index in [9.17, 15) is 24.3 Å². The molecule has 1 fully saturated rings. The smallest absolute Gasteiger partial charge is 0.407 e. The maximum absolute atomic E-state index is 13.4. The number of nitrogens with zero attached hydrogens (tertiary/aromatic N) is 5. The van der Waals surface area contributed by atoms with Crippen LogP contribution in [-0.2, 0) is 22.7 Å². The standard InChI is InChI=1S/C39H39Cl2N7O6/c1-22(36(50)42-2)46(3)19-25-18-43-32-17-23(15-16-48(32)38(25)51)27-7-5-8-28(34(27)40)29-9-6-10-30(35(29)41)31-13-11-24(37(45-31)54-4)20-47(39(52)53)21-26-12-14-33(49)44-26/h5-11,13,15-18,22,26H,12,14,19-21H2,1-4H3,(H,42,50)(H,44,49)(H,52,53)/t22?,26-/m0/s1. The van der Waals surface area contributed by atoms with Gasteiger partial charge in [-0.2, -0.15) is 0 Å². The normalized spacial score (nSPS) is 14.6. The highest BCUT2D eigenvalue weighted by Crippen LogP contribution is 2.42. The number of halogens is 2. The van der Waals surface area contributed by atoms with Gasteiger partial charge in [0.15, 0.2) is 0 Å². The molecule has 4 heterocycles. The SMILES string of the molecule is CNC(=O)C(C)N(C)Cc1cnc2cc(-c3cccc(-c4cccc(-c5ccc(CN(C[C@@H]6CCC(=O)N6)C(=O)O)c(OC)n5)c4Cl)c3Cl)ccn2c1=O. The Morgan fingerprint density at radius 2 is 1.70 bits per heavy atom. The number of carbonyl (C=O) groups is 3. The van der Waals surface area contributed by atoms with Crippen molar-refractivity contribution in [1.29, 1.82) is 0 Å². The highest BCUT2D eigenvalue weighted by Gasteiger charge is 2.27. The molecule has 6 rings (SSSR count). The Labute approximate surface area is 321 Å². The number of amides is 3. The number of hydrogen-bond acceptors (Lipinski definition) is 8. The van der Waals surface area contributed by atoms with E-state index in [1.807, 2.05) is 36.4 Å². The number of aromatic nitrogens is 3. The second-order valence-electron chi connectivity index (χ2n) is 13.1. The van der Waals surface area contributed by atoms with Gasteiger partial charge in [0.1, 0.15) is 5.65 Å². The molecule has 13 nitrogen and oxygen atoms in total. The first kappa shape index (κ1) is 38.2. The molecule has 0 aliphatic carbocycles. The predicted molar refractivity (Wildman–Crippen MR) is 207 cm³/mol. The largest absolute Gasteiger partial charge is 0.481 e. The molecular formula is C39H39Cl2N7O6. The van der Waals surface area contributed by atoms with E-state index in [4.69, 9.17) is 32.9 Å². The number of rotatable bonds is 12. The maximum Gasteiger partial charge on any atom is 0.407 e. The van der Waals surface area contributed by atoms with Crippen LogP contribution in [0.25, 0.3) is 39.2 Å². The van der Waals surface area contributed by atoms with Crippen LogP contribution in [0.3, 0.4) is 0 Å². The summed E-state index contributed by atoms with van der Waals surface area (Å²) in [5.41, 5.74) is 5.13. The summed E-state index contributed by atoms with van der Waals surface area (Å²) in [4.78, 5) is 61.4. The summed E-state index contributed by atoms with van der Waals surface area (Å²) >= 11 is 14.2. The summed E-state index contributed by atoms with van der Waals surface area (Å²) in [6.45, 7) is 2.18. The van der Waals surface area contributed by atoms with Gasteiger partial charge < -0.3 is 25.4 Å². The summed E-state index contributed by atoms with van der Waals surface area (Å²) in [6.07, 6.45) is 3.02.